The summed E-state index contributed by atoms with van der Waals surface area (Å²) in [6.45, 7) is 0.617. The molecule has 1 aliphatic rings. The SMILES string of the molecule is O=C(Nc1cccnc1)c1cccc(NC(=O)C2CCCO2)c1. The van der Waals surface area contributed by atoms with E-state index in [1.165, 1.54) is 0 Å². The number of hydrogen-bond acceptors (Lipinski definition) is 4. The highest BCUT2D eigenvalue weighted by atomic mass is 16.5. The van der Waals surface area contributed by atoms with Gasteiger partial charge < -0.3 is 15.4 Å². The molecular formula is C17H17N3O3. The van der Waals surface area contributed by atoms with Crippen LogP contribution < -0.4 is 10.6 Å². The standard InChI is InChI=1S/C17H17N3O3/c21-16(20-14-6-2-8-18-11-14)12-4-1-5-13(10-12)19-17(22)15-7-3-9-23-15/h1-2,4-6,8,10-11,15H,3,7,9H2,(H,19,22)(H,20,21). The summed E-state index contributed by atoms with van der Waals surface area (Å²) in [5.74, 6) is -0.432. The van der Waals surface area contributed by atoms with Crippen molar-refractivity contribution in [1.82, 2.24) is 4.98 Å². The minimum atomic E-state index is -0.400. The van der Waals surface area contributed by atoms with Crippen molar-refractivity contribution in [2.75, 3.05) is 17.2 Å². The van der Waals surface area contributed by atoms with Gasteiger partial charge in [-0.25, -0.2) is 0 Å². The third-order valence-electron chi connectivity index (χ3n) is 3.53. The maximum Gasteiger partial charge on any atom is 0.255 e. The number of hydrogen-bond donors (Lipinski definition) is 2. The number of amides is 2. The number of nitrogens with zero attached hydrogens (tertiary/aromatic N) is 1. The zero-order valence-electron chi connectivity index (χ0n) is 12.5. The van der Waals surface area contributed by atoms with Crippen LogP contribution in [0.4, 0.5) is 11.4 Å². The fourth-order valence-electron chi connectivity index (χ4n) is 2.39. The van der Waals surface area contributed by atoms with Gasteiger partial charge in [-0.05, 0) is 43.2 Å². The van der Waals surface area contributed by atoms with Crippen molar-refractivity contribution in [2.24, 2.45) is 0 Å². The van der Waals surface area contributed by atoms with E-state index < -0.39 is 6.10 Å². The fourth-order valence-corrected chi connectivity index (χ4v) is 2.39. The molecule has 1 unspecified atom stereocenters. The van der Waals surface area contributed by atoms with Gasteiger partial charge in [0, 0.05) is 24.1 Å². The highest BCUT2D eigenvalue weighted by Crippen LogP contribution is 2.17. The summed E-state index contributed by atoms with van der Waals surface area (Å²) in [6, 6.07) is 10.3. The Hall–Kier alpha value is -2.73. The van der Waals surface area contributed by atoms with E-state index in [0.717, 1.165) is 12.8 Å². The molecule has 2 heterocycles. The Kier molecular flexibility index (Phi) is 4.63. The normalized spacial score (nSPS) is 16.8. The molecule has 1 saturated heterocycles. The minimum Gasteiger partial charge on any atom is -0.368 e. The molecule has 0 saturated carbocycles. The van der Waals surface area contributed by atoms with Gasteiger partial charge in [-0.15, -0.1) is 0 Å². The van der Waals surface area contributed by atoms with E-state index >= 15 is 0 Å². The van der Waals surface area contributed by atoms with Crippen molar-refractivity contribution >= 4 is 23.2 Å². The largest absolute Gasteiger partial charge is 0.368 e. The fraction of sp³-hybridized carbons (Fsp3) is 0.235. The molecule has 0 bridgehead atoms. The first-order valence-corrected chi connectivity index (χ1v) is 7.46. The zero-order valence-corrected chi connectivity index (χ0v) is 12.5. The average molecular weight is 311 g/mol. The lowest BCUT2D eigenvalue weighted by atomic mass is 10.1. The molecule has 6 heteroatoms. The van der Waals surface area contributed by atoms with E-state index in [1.807, 2.05) is 0 Å². The van der Waals surface area contributed by atoms with E-state index in [4.69, 9.17) is 4.74 Å². The Morgan fingerprint density at radius 2 is 2.00 bits per heavy atom. The molecule has 2 amide bonds. The van der Waals surface area contributed by atoms with Crippen LogP contribution in [0.2, 0.25) is 0 Å². The zero-order chi connectivity index (χ0) is 16.1. The summed E-state index contributed by atoms with van der Waals surface area (Å²) in [5.41, 5.74) is 1.65. The first-order valence-electron chi connectivity index (χ1n) is 7.46. The van der Waals surface area contributed by atoms with Crippen LogP contribution >= 0.6 is 0 Å². The summed E-state index contributed by atoms with van der Waals surface area (Å²) in [5, 5.41) is 5.54. The molecule has 6 nitrogen and oxygen atoms in total. The Labute approximate surface area is 133 Å². The van der Waals surface area contributed by atoms with Crippen LogP contribution in [0.5, 0.6) is 0 Å². The molecule has 0 radical (unpaired) electrons. The summed E-state index contributed by atoms with van der Waals surface area (Å²) in [6.07, 6.45) is 4.43. The van der Waals surface area contributed by atoms with Gasteiger partial charge in [0.05, 0.1) is 11.9 Å². The smallest absolute Gasteiger partial charge is 0.255 e. The molecule has 0 spiro atoms. The second-order valence-electron chi connectivity index (χ2n) is 5.27. The van der Waals surface area contributed by atoms with Crippen molar-refractivity contribution in [3.05, 3.63) is 54.4 Å². The molecule has 1 aliphatic heterocycles. The Balaban J connectivity index is 1.67. The van der Waals surface area contributed by atoms with Crippen LogP contribution in [0.1, 0.15) is 23.2 Å². The van der Waals surface area contributed by atoms with Crippen molar-refractivity contribution in [3.63, 3.8) is 0 Å². The molecule has 118 valence electrons. The topological polar surface area (TPSA) is 80.3 Å². The number of carbonyl (C=O) groups excluding carboxylic acids is 2. The molecule has 23 heavy (non-hydrogen) atoms. The lowest BCUT2D eigenvalue weighted by Crippen LogP contribution is -2.27. The molecule has 1 atom stereocenters. The molecule has 0 aliphatic carbocycles. The number of carbonyl (C=O) groups is 2. The van der Waals surface area contributed by atoms with Crippen LogP contribution in [0.25, 0.3) is 0 Å². The molecule has 3 rings (SSSR count). The number of nitrogens with one attached hydrogen (secondary N) is 2. The van der Waals surface area contributed by atoms with Gasteiger partial charge in [-0.3, -0.25) is 14.6 Å². The number of ether oxygens (including phenoxy) is 1. The Morgan fingerprint density at radius 1 is 1.13 bits per heavy atom. The second kappa shape index (κ2) is 7.02. The third kappa shape index (κ3) is 3.92. The van der Waals surface area contributed by atoms with Gasteiger partial charge in [0.25, 0.3) is 11.8 Å². The number of rotatable bonds is 4. The predicted molar refractivity (Wildman–Crippen MR) is 86.2 cm³/mol. The van der Waals surface area contributed by atoms with Gasteiger partial charge in [0.15, 0.2) is 0 Å². The molecular weight excluding hydrogens is 294 g/mol. The van der Waals surface area contributed by atoms with E-state index in [0.29, 0.717) is 23.5 Å². The van der Waals surface area contributed by atoms with Crippen LogP contribution in [0.15, 0.2) is 48.8 Å². The number of pyridine rings is 1. The van der Waals surface area contributed by atoms with Crippen molar-refractivity contribution in [3.8, 4) is 0 Å². The predicted octanol–water partition coefficient (Wildman–Crippen LogP) is 2.45. The molecule has 2 N–H and O–H groups in total. The van der Waals surface area contributed by atoms with Crippen LogP contribution in [-0.4, -0.2) is 29.5 Å². The lowest BCUT2D eigenvalue weighted by molar-refractivity contribution is -0.124. The number of anilines is 2. The first-order chi connectivity index (χ1) is 11.2. The summed E-state index contributed by atoms with van der Waals surface area (Å²) in [4.78, 5) is 28.2. The lowest BCUT2D eigenvalue weighted by Gasteiger charge is -2.11. The van der Waals surface area contributed by atoms with E-state index in [-0.39, 0.29) is 11.8 Å². The third-order valence-corrected chi connectivity index (χ3v) is 3.53. The molecule has 1 aromatic heterocycles. The number of aromatic nitrogens is 1. The summed E-state index contributed by atoms with van der Waals surface area (Å²) < 4.78 is 5.35. The van der Waals surface area contributed by atoms with Crippen molar-refractivity contribution in [1.29, 1.82) is 0 Å². The highest BCUT2D eigenvalue weighted by molar-refractivity contribution is 6.05. The van der Waals surface area contributed by atoms with E-state index in [1.54, 1.807) is 48.8 Å². The van der Waals surface area contributed by atoms with Gasteiger partial charge in [-0.1, -0.05) is 6.07 Å². The van der Waals surface area contributed by atoms with Gasteiger partial charge >= 0.3 is 0 Å². The van der Waals surface area contributed by atoms with Crippen molar-refractivity contribution in [2.45, 2.75) is 18.9 Å². The number of benzene rings is 1. The average Bonchev–Trinajstić information content (AvgIpc) is 3.11. The van der Waals surface area contributed by atoms with Crippen LogP contribution in [0.3, 0.4) is 0 Å². The first kappa shape index (κ1) is 15.2. The highest BCUT2D eigenvalue weighted by Gasteiger charge is 2.23. The van der Waals surface area contributed by atoms with E-state index in [9.17, 15) is 9.59 Å². The van der Waals surface area contributed by atoms with Crippen LogP contribution in [-0.2, 0) is 9.53 Å². The van der Waals surface area contributed by atoms with Gasteiger partial charge in [0.2, 0.25) is 0 Å². The summed E-state index contributed by atoms with van der Waals surface area (Å²) >= 11 is 0. The maximum absolute atomic E-state index is 12.2. The van der Waals surface area contributed by atoms with Gasteiger partial charge in [0.1, 0.15) is 6.10 Å². The van der Waals surface area contributed by atoms with Crippen molar-refractivity contribution < 1.29 is 14.3 Å². The van der Waals surface area contributed by atoms with E-state index in [2.05, 4.69) is 15.6 Å². The quantitative estimate of drug-likeness (QED) is 0.909. The Morgan fingerprint density at radius 3 is 2.74 bits per heavy atom. The van der Waals surface area contributed by atoms with Crippen LogP contribution in [0, 0.1) is 0 Å². The Bertz CT molecular complexity index is 697. The molecule has 1 fully saturated rings. The molecule has 2 aromatic rings. The second-order valence-corrected chi connectivity index (χ2v) is 5.27. The maximum atomic E-state index is 12.2. The monoisotopic (exact) mass is 311 g/mol. The molecule has 1 aromatic carbocycles. The van der Waals surface area contributed by atoms with Gasteiger partial charge in [-0.2, -0.15) is 0 Å². The minimum absolute atomic E-state index is 0.174. The summed E-state index contributed by atoms with van der Waals surface area (Å²) in [7, 11) is 0.